The second-order valence-electron chi connectivity index (χ2n) is 6.73. The van der Waals surface area contributed by atoms with Gasteiger partial charge in [0.25, 0.3) is 0 Å². The molecule has 118 valence electrons. The number of amides is 3. The number of hydrogen-bond acceptors (Lipinski definition) is 3. The molecule has 0 radical (unpaired) electrons. The predicted molar refractivity (Wildman–Crippen MR) is 90.3 cm³/mol. The average Bonchev–Trinajstić information content (AvgIpc) is 2.54. The highest BCUT2D eigenvalue weighted by atomic mass is 35.5. The summed E-state index contributed by atoms with van der Waals surface area (Å²) in [5, 5.41) is 0.510. The van der Waals surface area contributed by atoms with E-state index in [1.165, 1.54) is 4.90 Å². The summed E-state index contributed by atoms with van der Waals surface area (Å²) in [5.41, 5.74) is 0.534. The van der Waals surface area contributed by atoms with Crippen LogP contribution in [-0.4, -0.2) is 32.5 Å². The lowest BCUT2D eigenvalue weighted by atomic mass is 9.94. The van der Waals surface area contributed by atoms with Gasteiger partial charge in [0.15, 0.2) is 0 Å². The lowest BCUT2D eigenvalue weighted by molar-refractivity contribution is -0.120. The molecule has 4 nitrogen and oxygen atoms in total. The van der Waals surface area contributed by atoms with Crippen LogP contribution in [0, 0.1) is 0 Å². The van der Waals surface area contributed by atoms with E-state index < -0.39 is 0 Å². The Morgan fingerprint density at radius 3 is 2.55 bits per heavy atom. The standard InChI is InChI=1S/C16H19ClN2O2S/c1-15(2)12-9-13(20)18(11-7-5-6-10(17)8-11)14(21)19(12)16(3,4)22-15/h5-8,12H,9H2,1-4H3/t12-/m0/s1. The molecule has 22 heavy (non-hydrogen) atoms. The Balaban J connectivity index is 2.04. The number of anilines is 1. The maximum atomic E-state index is 13.0. The minimum Gasteiger partial charge on any atom is -0.305 e. The summed E-state index contributed by atoms with van der Waals surface area (Å²) in [6, 6.07) is 6.53. The number of urea groups is 1. The van der Waals surface area contributed by atoms with E-state index >= 15 is 0 Å². The van der Waals surface area contributed by atoms with E-state index in [1.54, 1.807) is 36.0 Å². The number of hydrogen-bond donors (Lipinski definition) is 0. The molecule has 2 aliphatic rings. The van der Waals surface area contributed by atoms with Gasteiger partial charge in [-0.1, -0.05) is 17.7 Å². The molecular formula is C16H19ClN2O2S. The Hall–Kier alpha value is -1.20. The van der Waals surface area contributed by atoms with E-state index in [0.29, 0.717) is 17.1 Å². The van der Waals surface area contributed by atoms with Crippen molar-refractivity contribution in [2.24, 2.45) is 0 Å². The van der Waals surface area contributed by atoms with Gasteiger partial charge in [-0.3, -0.25) is 4.79 Å². The number of rotatable bonds is 1. The summed E-state index contributed by atoms with van der Waals surface area (Å²) in [6.45, 7) is 8.26. The van der Waals surface area contributed by atoms with Gasteiger partial charge in [-0.05, 0) is 45.9 Å². The highest BCUT2D eigenvalue weighted by Gasteiger charge is 2.58. The number of halogens is 1. The second-order valence-corrected chi connectivity index (χ2v) is 9.43. The lowest BCUT2D eigenvalue weighted by Gasteiger charge is -2.43. The number of benzene rings is 1. The van der Waals surface area contributed by atoms with Gasteiger partial charge in [0.1, 0.15) is 0 Å². The molecule has 2 heterocycles. The molecule has 1 aromatic rings. The molecule has 2 aliphatic heterocycles. The molecule has 0 aliphatic carbocycles. The molecule has 0 spiro atoms. The first-order chi connectivity index (χ1) is 10.1. The summed E-state index contributed by atoms with van der Waals surface area (Å²) in [7, 11) is 0. The van der Waals surface area contributed by atoms with Crippen LogP contribution in [0.5, 0.6) is 0 Å². The quantitative estimate of drug-likeness (QED) is 0.773. The molecule has 0 aromatic heterocycles. The molecule has 2 saturated heterocycles. The van der Waals surface area contributed by atoms with Crippen molar-refractivity contribution in [1.29, 1.82) is 0 Å². The van der Waals surface area contributed by atoms with E-state index in [1.807, 2.05) is 18.7 Å². The summed E-state index contributed by atoms with van der Waals surface area (Å²) in [6.07, 6.45) is 0.335. The third-order valence-corrected chi connectivity index (χ3v) is 6.02. The molecule has 6 heteroatoms. The van der Waals surface area contributed by atoms with Crippen LogP contribution in [0.4, 0.5) is 10.5 Å². The summed E-state index contributed by atoms with van der Waals surface area (Å²) in [4.78, 5) is 28.3. The van der Waals surface area contributed by atoms with Crippen molar-refractivity contribution in [3.05, 3.63) is 29.3 Å². The van der Waals surface area contributed by atoms with Crippen LogP contribution in [0.2, 0.25) is 5.02 Å². The van der Waals surface area contributed by atoms with E-state index in [9.17, 15) is 9.59 Å². The van der Waals surface area contributed by atoms with Crippen molar-refractivity contribution >= 4 is 41.0 Å². The van der Waals surface area contributed by atoms with Gasteiger partial charge in [0, 0.05) is 16.2 Å². The van der Waals surface area contributed by atoms with Gasteiger partial charge >= 0.3 is 6.03 Å². The van der Waals surface area contributed by atoms with E-state index in [4.69, 9.17) is 11.6 Å². The molecular weight excluding hydrogens is 320 g/mol. The molecule has 1 aromatic carbocycles. The van der Waals surface area contributed by atoms with Gasteiger partial charge in [-0.25, -0.2) is 9.69 Å². The Morgan fingerprint density at radius 2 is 1.91 bits per heavy atom. The van der Waals surface area contributed by atoms with Crippen LogP contribution < -0.4 is 4.90 Å². The number of fused-ring (bicyclic) bond motifs is 1. The van der Waals surface area contributed by atoms with Crippen LogP contribution in [0.1, 0.15) is 34.1 Å². The number of imide groups is 1. The maximum Gasteiger partial charge on any atom is 0.332 e. The Bertz CT molecular complexity index is 659. The molecule has 0 N–H and O–H groups in total. The first kappa shape index (κ1) is 15.7. The fraction of sp³-hybridized carbons (Fsp3) is 0.500. The summed E-state index contributed by atoms with van der Waals surface area (Å²) < 4.78 is -0.144. The topological polar surface area (TPSA) is 40.6 Å². The lowest BCUT2D eigenvalue weighted by Crippen LogP contribution is -2.61. The van der Waals surface area contributed by atoms with Crippen LogP contribution in [-0.2, 0) is 4.79 Å². The zero-order valence-corrected chi connectivity index (χ0v) is 14.7. The zero-order valence-electron chi connectivity index (χ0n) is 13.1. The van der Waals surface area contributed by atoms with Gasteiger partial charge in [0.2, 0.25) is 5.91 Å². The number of carbonyl (C=O) groups excluding carboxylic acids is 2. The molecule has 0 saturated carbocycles. The first-order valence-electron chi connectivity index (χ1n) is 7.25. The van der Waals surface area contributed by atoms with Crippen LogP contribution in [0.3, 0.4) is 0 Å². The van der Waals surface area contributed by atoms with Crippen molar-refractivity contribution in [2.45, 2.75) is 49.8 Å². The smallest absolute Gasteiger partial charge is 0.305 e. The van der Waals surface area contributed by atoms with E-state index in [0.717, 1.165) is 0 Å². The normalized spacial score (nSPS) is 26.3. The first-order valence-corrected chi connectivity index (χ1v) is 8.45. The Morgan fingerprint density at radius 1 is 1.23 bits per heavy atom. The fourth-order valence-electron chi connectivity index (χ4n) is 3.49. The Kier molecular flexibility index (Phi) is 3.49. The van der Waals surface area contributed by atoms with Gasteiger partial charge in [-0.2, -0.15) is 0 Å². The van der Waals surface area contributed by atoms with Crippen molar-refractivity contribution in [3.63, 3.8) is 0 Å². The average molecular weight is 339 g/mol. The van der Waals surface area contributed by atoms with Crippen molar-refractivity contribution in [2.75, 3.05) is 4.90 Å². The predicted octanol–water partition coefficient (Wildman–Crippen LogP) is 4.13. The highest BCUT2D eigenvalue weighted by Crippen LogP contribution is 2.53. The number of carbonyl (C=O) groups is 2. The molecule has 3 rings (SSSR count). The third-order valence-electron chi connectivity index (χ3n) is 4.29. The van der Waals surface area contributed by atoms with Gasteiger partial charge < -0.3 is 4.90 Å². The minimum absolute atomic E-state index is 0.0806. The molecule has 1 atom stereocenters. The maximum absolute atomic E-state index is 13.0. The van der Waals surface area contributed by atoms with Crippen LogP contribution in [0.25, 0.3) is 0 Å². The van der Waals surface area contributed by atoms with E-state index in [-0.39, 0.29) is 27.6 Å². The van der Waals surface area contributed by atoms with Gasteiger partial charge in [0.05, 0.1) is 16.6 Å². The molecule has 0 unspecified atom stereocenters. The number of thioether (sulfide) groups is 1. The summed E-state index contributed by atoms with van der Waals surface area (Å²) in [5.74, 6) is -0.167. The minimum atomic E-state index is -0.344. The largest absolute Gasteiger partial charge is 0.332 e. The summed E-state index contributed by atoms with van der Waals surface area (Å²) >= 11 is 7.74. The monoisotopic (exact) mass is 338 g/mol. The van der Waals surface area contributed by atoms with Gasteiger partial charge in [-0.15, -0.1) is 11.8 Å². The van der Waals surface area contributed by atoms with Crippen molar-refractivity contribution in [3.8, 4) is 0 Å². The molecule has 0 bridgehead atoms. The van der Waals surface area contributed by atoms with Crippen molar-refractivity contribution < 1.29 is 9.59 Å². The molecule has 3 amide bonds. The molecule has 2 fully saturated rings. The third kappa shape index (κ3) is 2.31. The van der Waals surface area contributed by atoms with Crippen LogP contribution in [0.15, 0.2) is 24.3 Å². The fourth-order valence-corrected chi connectivity index (χ4v) is 5.59. The second kappa shape index (κ2) is 4.90. The highest BCUT2D eigenvalue weighted by molar-refractivity contribution is 8.02. The van der Waals surface area contributed by atoms with Crippen molar-refractivity contribution in [1.82, 2.24) is 4.90 Å². The van der Waals surface area contributed by atoms with Crippen LogP contribution >= 0.6 is 23.4 Å². The van der Waals surface area contributed by atoms with E-state index in [2.05, 4.69) is 13.8 Å². The number of nitrogens with zero attached hydrogens (tertiary/aromatic N) is 2. The Labute approximate surface area is 139 Å². The SMILES string of the molecule is CC1(C)SC(C)(C)N2C(=O)N(c3cccc(Cl)c3)C(=O)C[C@H]21. The zero-order chi connectivity index (χ0) is 16.3.